The van der Waals surface area contributed by atoms with Gasteiger partial charge in [-0.1, -0.05) is 24.6 Å². The van der Waals surface area contributed by atoms with Gasteiger partial charge in [-0.15, -0.1) is 12.4 Å². The number of hydrogen-bond acceptors (Lipinski definition) is 5. The molecule has 2 aliphatic rings. The minimum absolute atomic E-state index is 0. The van der Waals surface area contributed by atoms with Gasteiger partial charge in [0.1, 0.15) is 0 Å². The molecule has 160 valence electrons. The van der Waals surface area contributed by atoms with Gasteiger partial charge < -0.3 is 25.8 Å². The lowest BCUT2D eigenvalue weighted by atomic mass is 9.85. The Morgan fingerprint density at radius 1 is 1.07 bits per heavy atom. The topological polar surface area (TPSA) is 103 Å². The summed E-state index contributed by atoms with van der Waals surface area (Å²) in [6, 6.07) is 12.7. The molecule has 2 atom stereocenters. The molecule has 2 amide bonds. The first-order valence-electron chi connectivity index (χ1n) is 9.92. The predicted molar refractivity (Wildman–Crippen MR) is 116 cm³/mol. The number of anilines is 1. The van der Waals surface area contributed by atoms with Crippen LogP contribution in [0.25, 0.3) is 0 Å². The summed E-state index contributed by atoms with van der Waals surface area (Å²) in [6.07, 6.45) is 3.43. The molecule has 0 radical (unpaired) electrons. The molecule has 1 fully saturated rings. The van der Waals surface area contributed by atoms with Crippen LogP contribution in [0.4, 0.5) is 5.69 Å². The molecule has 1 aliphatic heterocycles. The highest BCUT2D eigenvalue weighted by atomic mass is 35.5. The number of nitrogens with one attached hydrogen (secondary N) is 2. The fourth-order valence-corrected chi connectivity index (χ4v) is 3.82. The second kappa shape index (κ2) is 9.82. The molecule has 2 aromatic rings. The van der Waals surface area contributed by atoms with Crippen molar-refractivity contribution in [3.63, 3.8) is 0 Å². The van der Waals surface area contributed by atoms with Crippen LogP contribution in [-0.2, 0) is 11.3 Å². The number of para-hydroxylation sites is 1. The van der Waals surface area contributed by atoms with Crippen molar-refractivity contribution in [3.8, 4) is 11.5 Å². The Labute approximate surface area is 181 Å². The number of benzene rings is 2. The number of rotatable bonds is 5. The zero-order valence-corrected chi connectivity index (χ0v) is 17.4. The van der Waals surface area contributed by atoms with Gasteiger partial charge >= 0.3 is 0 Å². The lowest BCUT2D eigenvalue weighted by Crippen LogP contribution is -2.34. The molecular formula is C22H26ClN3O4. The number of halogens is 1. The van der Waals surface area contributed by atoms with Crippen LogP contribution in [-0.4, -0.2) is 24.6 Å². The Morgan fingerprint density at radius 2 is 1.87 bits per heavy atom. The maximum absolute atomic E-state index is 12.7. The van der Waals surface area contributed by atoms with Crippen LogP contribution < -0.4 is 25.8 Å². The number of ether oxygens (including phenoxy) is 2. The lowest BCUT2D eigenvalue weighted by molar-refractivity contribution is -0.120. The summed E-state index contributed by atoms with van der Waals surface area (Å²) in [6.45, 7) is 0.555. The molecule has 0 aromatic heterocycles. The van der Waals surface area contributed by atoms with E-state index in [0.717, 1.165) is 24.8 Å². The summed E-state index contributed by atoms with van der Waals surface area (Å²) in [5, 5.41) is 5.82. The summed E-state index contributed by atoms with van der Waals surface area (Å²) in [7, 11) is 0. The number of amides is 2. The fourth-order valence-electron chi connectivity index (χ4n) is 3.82. The Kier molecular flexibility index (Phi) is 7.18. The van der Waals surface area contributed by atoms with Crippen LogP contribution in [0, 0.1) is 5.92 Å². The molecule has 7 nitrogen and oxygen atoms in total. The maximum Gasteiger partial charge on any atom is 0.253 e. The first kappa shape index (κ1) is 21.9. The number of nitrogens with two attached hydrogens (primary N) is 1. The highest BCUT2D eigenvalue weighted by Crippen LogP contribution is 2.32. The van der Waals surface area contributed by atoms with Crippen LogP contribution >= 0.6 is 12.4 Å². The van der Waals surface area contributed by atoms with Crippen molar-refractivity contribution in [1.29, 1.82) is 0 Å². The highest BCUT2D eigenvalue weighted by Gasteiger charge is 2.26. The SMILES string of the molecule is Cl.NC1CCCC(C(=O)Nc2ccccc2C(=O)NCc2ccc3c(c2)OCO3)C1. The molecule has 0 saturated heterocycles. The largest absolute Gasteiger partial charge is 0.454 e. The van der Waals surface area contributed by atoms with Gasteiger partial charge in [-0.3, -0.25) is 9.59 Å². The van der Waals surface area contributed by atoms with E-state index < -0.39 is 0 Å². The molecule has 8 heteroatoms. The van der Waals surface area contributed by atoms with Crippen molar-refractivity contribution in [2.45, 2.75) is 38.3 Å². The predicted octanol–water partition coefficient (Wildman–Crippen LogP) is 3.22. The number of carbonyl (C=O) groups is 2. The van der Waals surface area contributed by atoms with Crippen molar-refractivity contribution in [2.75, 3.05) is 12.1 Å². The average Bonchev–Trinajstić information content (AvgIpc) is 3.20. The molecule has 30 heavy (non-hydrogen) atoms. The van der Waals surface area contributed by atoms with Crippen molar-refractivity contribution in [3.05, 3.63) is 53.6 Å². The summed E-state index contributed by atoms with van der Waals surface area (Å²) < 4.78 is 10.7. The van der Waals surface area contributed by atoms with Crippen LogP contribution in [0.3, 0.4) is 0 Å². The Balaban J connectivity index is 0.00000256. The quantitative estimate of drug-likeness (QED) is 0.674. The third-order valence-corrected chi connectivity index (χ3v) is 5.41. The second-order valence-electron chi connectivity index (χ2n) is 7.53. The van der Waals surface area contributed by atoms with Gasteiger partial charge in [0.15, 0.2) is 11.5 Å². The molecular weight excluding hydrogens is 406 g/mol. The molecule has 2 unspecified atom stereocenters. The van der Waals surface area contributed by atoms with Gasteiger partial charge in [0.2, 0.25) is 12.7 Å². The number of fused-ring (bicyclic) bond motifs is 1. The number of carbonyl (C=O) groups excluding carboxylic acids is 2. The van der Waals surface area contributed by atoms with Crippen LogP contribution in [0.1, 0.15) is 41.6 Å². The molecule has 0 spiro atoms. The molecule has 4 rings (SSSR count). The van der Waals surface area contributed by atoms with Gasteiger partial charge in [0.25, 0.3) is 5.91 Å². The van der Waals surface area contributed by atoms with Gasteiger partial charge in [0.05, 0.1) is 11.3 Å². The van der Waals surface area contributed by atoms with Crippen molar-refractivity contribution in [1.82, 2.24) is 5.32 Å². The van der Waals surface area contributed by atoms with Crippen molar-refractivity contribution < 1.29 is 19.1 Å². The van der Waals surface area contributed by atoms with Crippen LogP contribution in [0.5, 0.6) is 11.5 Å². The van der Waals surface area contributed by atoms with Crippen LogP contribution in [0.2, 0.25) is 0 Å². The normalized spacial score (nSPS) is 19.5. The third-order valence-electron chi connectivity index (χ3n) is 5.41. The van der Waals surface area contributed by atoms with E-state index in [4.69, 9.17) is 15.2 Å². The van der Waals surface area contributed by atoms with Gasteiger partial charge in [-0.05, 0) is 49.1 Å². The van der Waals surface area contributed by atoms with E-state index in [9.17, 15) is 9.59 Å². The van der Waals surface area contributed by atoms with Crippen LogP contribution in [0.15, 0.2) is 42.5 Å². The van der Waals surface area contributed by atoms with E-state index in [1.54, 1.807) is 24.3 Å². The highest BCUT2D eigenvalue weighted by molar-refractivity contribution is 6.04. The Morgan fingerprint density at radius 3 is 2.70 bits per heavy atom. The zero-order valence-electron chi connectivity index (χ0n) is 16.6. The monoisotopic (exact) mass is 431 g/mol. The molecule has 1 aliphatic carbocycles. The van der Waals surface area contributed by atoms with E-state index in [1.807, 2.05) is 18.2 Å². The third kappa shape index (κ3) is 5.04. The van der Waals surface area contributed by atoms with E-state index in [-0.39, 0.29) is 43.0 Å². The first-order valence-corrected chi connectivity index (χ1v) is 9.92. The molecule has 2 aromatic carbocycles. The summed E-state index contributed by atoms with van der Waals surface area (Å²) in [5.41, 5.74) is 7.85. The molecule has 0 bridgehead atoms. The minimum Gasteiger partial charge on any atom is -0.454 e. The summed E-state index contributed by atoms with van der Waals surface area (Å²) >= 11 is 0. The fraction of sp³-hybridized carbons (Fsp3) is 0.364. The smallest absolute Gasteiger partial charge is 0.253 e. The van der Waals surface area contributed by atoms with Gasteiger partial charge in [0, 0.05) is 18.5 Å². The summed E-state index contributed by atoms with van der Waals surface area (Å²) in [5.74, 6) is 0.948. The molecule has 1 saturated carbocycles. The average molecular weight is 432 g/mol. The molecule has 4 N–H and O–H groups in total. The second-order valence-corrected chi connectivity index (χ2v) is 7.53. The zero-order chi connectivity index (χ0) is 20.2. The van der Waals surface area contributed by atoms with Crippen molar-refractivity contribution >= 4 is 29.9 Å². The van der Waals surface area contributed by atoms with Gasteiger partial charge in [-0.2, -0.15) is 0 Å². The standard InChI is InChI=1S/C22H25N3O4.ClH/c23-16-5-3-4-15(11-16)21(26)25-18-7-2-1-6-17(18)22(27)24-12-14-8-9-19-20(10-14)29-13-28-19;/h1-2,6-10,15-16H,3-5,11-13,23H2,(H,24,27)(H,25,26);1H. The van der Waals surface area contributed by atoms with E-state index in [2.05, 4.69) is 10.6 Å². The van der Waals surface area contributed by atoms with Crippen molar-refractivity contribution in [2.24, 2.45) is 11.7 Å². The first-order chi connectivity index (χ1) is 14.1. The lowest BCUT2D eigenvalue weighted by Gasteiger charge is -2.26. The van der Waals surface area contributed by atoms with E-state index in [1.165, 1.54) is 0 Å². The Hall–Kier alpha value is -2.77. The maximum atomic E-state index is 12.7. The number of hydrogen-bond donors (Lipinski definition) is 3. The molecule has 1 heterocycles. The van der Waals surface area contributed by atoms with E-state index in [0.29, 0.717) is 35.7 Å². The minimum atomic E-state index is -0.251. The van der Waals surface area contributed by atoms with E-state index >= 15 is 0 Å². The van der Waals surface area contributed by atoms with Gasteiger partial charge in [-0.25, -0.2) is 0 Å². The summed E-state index contributed by atoms with van der Waals surface area (Å²) in [4.78, 5) is 25.4. The Bertz CT molecular complexity index is 921.